The van der Waals surface area contributed by atoms with Gasteiger partial charge in [-0.05, 0) is 18.8 Å². The Bertz CT molecular complexity index is 286. The maximum Gasteiger partial charge on any atom is 0.309 e. The van der Waals surface area contributed by atoms with Crippen molar-refractivity contribution in [1.29, 1.82) is 0 Å². The van der Waals surface area contributed by atoms with Gasteiger partial charge in [0.1, 0.15) is 6.10 Å². The van der Waals surface area contributed by atoms with Gasteiger partial charge in [0.15, 0.2) is 0 Å². The molecule has 1 radical (unpaired) electrons. The second-order valence-electron chi connectivity index (χ2n) is 4.29. The molecule has 0 saturated heterocycles. The number of hydrogen-bond acceptors (Lipinski definition) is 4. The van der Waals surface area contributed by atoms with Crippen LogP contribution in [0, 0.1) is 24.2 Å². The summed E-state index contributed by atoms with van der Waals surface area (Å²) in [6, 6.07) is 0. The van der Waals surface area contributed by atoms with Gasteiger partial charge in [-0.1, -0.05) is 0 Å². The summed E-state index contributed by atoms with van der Waals surface area (Å²) in [5, 5.41) is 0. The molecule has 0 aromatic rings. The highest BCUT2D eigenvalue weighted by Crippen LogP contribution is 2.49. The molecule has 0 spiro atoms. The second-order valence-corrected chi connectivity index (χ2v) is 4.29. The molecule has 0 N–H and O–H groups in total. The van der Waals surface area contributed by atoms with Gasteiger partial charge in [-0.3, -0.25) is 9.59 Å². The maximum atomic E-state index is 11.5. The molecule has 0 aromatic heterocycles. The first-order valence-corrected chi connectivity index (χ1v) is 5.22. The second kappa shape index (κ2) is 3.83. The fraction of sp³-hybridized carbons (Fsp3) is 0.727. The van der Waals surface area contributed by atoms with Gasteiger partial charge in [-0.2, -0.15) is 0 Å². The zero-order chi connectivity index (χ0) is 11.0. The molecule has 0 unspecified atom stereocenters. The van der Waals surface area contributed by atoms with Gasteiger partial charge in [0.2, 0.25) is 0 Å². The third kappa shape index (κ3) is 1.85. The van der Waals surface area contributed by atoms with Gasteiger partial charge in [0, 0.05) is 19.3 Å². The van der Waals surface area contributed by atoms with Crippen LogP contribution in [0.15, 0.2) is 0 Å². The lowest BCUT2D eigenvalue weighted by Gasteiger charge is -2.26. The summed E-state index contributed by atoms with van der Waals surface area (Å²) in [5.74, 6) is -0.00989. The van der Waals surface area contributed by atoms with Crippen LogP contribution >= 0.6 is 0 Å². The SMILES string of the molecule is COC(=O)[C@H]1C[C@H]2[CH][C@H](OC(C)=O)[C@@H]1C2. The summed E-state index contributed by atoms with van der Waals surface area (Å²) in [4.78, 5) is 22.3. The summed E-state index contributed by atoms with van der Waals surface area (Å²) in [7, 11) is 1.40. The van der Waals surface area contributed by atoms with E-state index in [0.29, 0.717) is 5.92 Å². The van der Waals surface area contributed by atoms with E-state index in [1.807, 2.05) is 6.42 Å². The lowest BCUT2D eigenvalue weighted by Crippen LogP contribution is -2.33. The molecule has 4 nitrogen and oxygen atoms in total. The molecule has 0 heterocycles. The zero-order valence-corrected chi connectivity index (χ0v) is 8.93. The molecule has 2 fully saturated rings. The molecule has 4 atom stereocenters. The molecular formula is C11H15O4. The van der Waals surface area contributed by atoms with Crippen LogP contribution in [0.2, 0.25) is 0 Å². The van der Waals surface area contributed by atoms with E-state index in [1.165, 1.54) is 14.0 Å². The van der Waals surface area contributed by atoms with Crippen molar-refractivity contribution < 1.29 is 19.1 Å². The molecule has 2 bridgehead atoms. The van der Waals surface area contributed by atoms with E-state index < -0.39 is 0 Å². The monoisotopic (exact) mass is 211 g/mol. The van der Waals surface area contributed by atoms with Crippen LogP contribution in [-0.2, 0) is 19.1 Å². The summed E-state index contributed by atoms with van der Waals surface area (Å²) >= 11 is 0. The lowest BCUT2D eigenvalue weighted by atomic mass is 9.86. The summed E-state index contributed by atoms with van der Waals surface area (Å²) < 4.78 is 9.91. The molecular weight excluding hydrogens is 196 g/mol. The van der Waals surface area contributed by atoms with Crippen molar-refractivity contribution >= 4 is 11.9 Å². The number of carbonyl (C=O) groups excluding carboxylic acids is 2. The third-order valence-electron chi connectivity index (χ3n) is 3.34. The molecule has 2 aliphatic carbocycles. The van der Waals surface area contributed by atoms with Crippen molar-refractivity contribution in [3.63, 3.8) is 0 Å². The predicted octanol–water partition coefficient (Wildman–Crippen LogP) is 0.951. The number of carbonyl (C=O) groups is 2. The van der Waals surface area contributed by atoms with Gasteiger partial charge in [0.25, 0.3) is 0 Å². The predicted molar refractivity (Wildman–Crippen MR) is 51.6 cm³/mol. The largest absolute Gasteiger partial charge is 0.469 e. The molecule has 83 valence electrons. The third-order valence-corrected chi connectivity index (χ3v) is 3.34. The fourth-order valence-corrected chi connectivity index (χ4v) is 2.78. The Kier molecular flexibility index (Phi) is 2.67. The fourth-order valence-electron chi connectivity index (χ4n) is 2.78. The lowest BCUT2D eigenvalue weighted by molar-refractivity contribution is -0.155. The van der Waals surface area contributed by atoms with Crippen molar-refractivity contribution in [2.45, 2.75) is 25.9 Å². The average Bonchev–Trinajstić information content (AvgIpc) is 2.74. The van der Waals surface area contributed by atoms with Gasteiger partial charge in [-0.25, -0.2) is 0 Å². The number of hydrogen-bond donors (Lipinski definition) is 0. The van der Waals surface area contributed by atoms with E-state index in [4.69, 9.17) is 9.47 Å². The first kappa shape index (κ1) is 10.5. The highest BCUT2D eigenvalue weighted by atomic mass is 16.5. The van der Waals surface area contributed by atoms with E-state index >= 15 is 0 Å². The molecule has 2 rings (SSSR count). The summed E-state index contributed by atoms with van der Waals surface area (Å²) in [5.41, 5.74) is 0. The Morgan fingerprint density at radius 2 is 2.07 bits per heavy atom. The van der Waals surface area contributed by atoms with Gasteiger partial charge in [0.05, 0.1) is 13.0 Å². The smallest absolute Gasteiger partial charge is 0.309 e. The summed E-state index contributed by atoms with van der Waals surface area (Å²) in [6.45, 7) is 1.40. The highest BCUT2D eigenvalue weighted by Gasteiger charge is 2.51. The quantitative estimate of drug-likeness (QED) is 0.638. The number of ether oxygens (including phenoxy) is 2. The van der Waals surface area contributed by atoms with Crippen LogP contribution in [0.1, 0.15) is 19.8 Å². The van der Waals surface area contributed by atoms with Crippen LogP contribution < -0.4 is 0 Å². The van der Waals surface area contributed by atoms with Crippen molar-refractivity contribution in [3.8, 4) is 0 Å². The Morgan fingerprint density at radius 1 is 1.33 bits per heavy atom. The summed E-state index contributed by atoms with van der Waals surface area (Å²) in [6.07, 6.45) is 3.64. The minimum atomic E-state index is -0.285. The first-order chi connectivity index (χ1) is 7.11. The Balaban J connectivity index is 2.02. The Labute approximate surface area is 88.9 Å². The van der Waals surface area contributed by atoms with Crippen molar-refractivity contribution in [2.24, 2.45) is 17.8 Å². The van der Waals surface area contributed by atoms with E-state index in [1.54, 1.807) is 0 Å². The van der Waals surface area contributed by atoms with E-state index in [0.717, 1.165) is 12.8 Å². The highest BCUT2D eigenvalue weighted by molar-refractivity contribution is 5.74. The number of methoxy groups -OCH3 is 1. The van der Waals surface area contributed by atoms with Crippen LogP contribution in [0.5, 0.6) is 0 Å². The molecule has 0 aromatic carbocycles. The topological polar surface area (TPSA) is 52.6 Å². The zero-order valence-electron chi connectivity index (χ0n) is 8.93. The van der Waals surface area contributed by atoms with Crippen LogP contribution in [0.3, 0.4) is 0 Å². The molecule has 0 amide bonds. The first-order valence-electron chi connectivity index (χ1n) is 5.22. The Morgan fingerprint density at radius 3 is 2.60 bits per heavy atom. The van der Waals surface area contributed by atoms with Gasteiger partial charge in [-0.15, -0.1) is 0 Å². The van der Waals surface area contributed by atoms with Crippen LogP contribution in [-0.4, -0.2) is 25.2 Å². The molecule has 15 heavy (non-hydrogen) atoms. The molecule has 4 heteroatoms. The van der Waals surface area contributed by atoms with Gasteiger partial charge >= 0.3 is 11.9 Å². The standard InChI is InChI=1S/C11H15O4/c1-6(12)15-10-5-7-3-8(10)9(4-7)11(13)14-2/h5,7-10H,3-4H2,1-2H3/t7-,8+,9-,10-/m0/s1. The average molecular weight is 211 g/mol. The molecule has 2 saturated carbocycles. The van der Waals surface area contributed by atoms with E-state index in [2.05, 4.69) is 0 Å². The molecule has 2 aliphatic rings. The maximum absolute atomic E-state index is 11.5. The van der Waals surface area contributed by atoms with Crippen molar-refractivity contribution in [1.82, 2.24) is 0 Å². The van der Waals surface area contributed by atoms with E-state index in [9.17, 15) is 9.59 Å². The number of rotatable bonds is 2. The number of esters is 2. The van der Waals surface area contributed by atoms with Gasteiger partial charge < -0.3 is 9.47 Å². The normalized spacial score (nSPS) is 37.7. The van der Waals surface area contributed by atoms with Crippen LogP contribution in [0.25, 0.3) is 0 Å². The van der Waals surface area contributed by atoms with Crippen molar-refractivity contribution in [3.05, 3.63) is 6.42 Å². The van der Waals surface area contributed by atoms with Crippen LogP contribution in [0.4, 0.5) is 0 Å². The van der Waals surface area contributed by atoms with Crippen molar-refractivity contribution in [2.75, 3.05) is 7.11 Å². The Hall–Kier alpha value is -1.06. The van der Waals surface area contributed by atoms with E-state index in [-0.39, 0.29) is 29.9 Å². The minimum Gasteiger partial charge on any atom is -0.469 e. The number of fused-ring (bicyclic) bond motifs is 2. The molecule has 0 aliphatic heterocycles. The minimum absolute atomic E-state index is 0.0886.